The molecule has 0 fully saturated rings. The minimum Gasteiger partial charge on any atom is -0.497 e. The van der Waals surface area contributed by atoms with Gasteiger partial charge in [-0.05, 0) is 46.3 Å². The average molecular weight is 497 g/mol. The summed E-state index contributed by atoms with van der Waals surface area (Å²) in [6.07, 6.45) is 1.88. The number of aromatic nitrogens is 1. The molecule has 0 atom stereocenters. The van der Waals surface area contributed by atoms with Crippen LogP contribution in [0.3, 0.4) is 0 Å². The lowest BCUT2D eigenvalue weighted by Crippen LogP contribution is -2.26. The first-order valence-corrected chi connectivity index (χ1v) is 11.2. The highest BCUT2D eigenvalue weighted by molar-refractivity contribution is 9.10. The molecule has 0 radical (unpaired) electrons. The van der Waals surface area contributed by atoms with E-state index in [-0.39, 0.29) is 11.4 Å². The van der Waals surface area contributed by atoms with Crippen molar-refractivity contribution in [3.8, 4) is 28.7 Å². The predicted octanol–water partition coefficient (Wildman–Crippen LogP) is 3.65. The molecular weight excluding hydrogens is 476 g/mol. The Bertz CT molecular complexity index is 1110. The molecule has 10 heteroatoms. The summed E-state index contributed by atoms with van der Waals surface area (Å²) in [6.45, 7) is 0.150. The van der Waals surface area contributed by atoms with Gasteiger partial charge in [0.1, 0.15) is 16.9 Å². The summed E-state index contributed by atoms with van der Waals surface area (Å²) in [6, 6.07) is 10.3. The summed E-state index contributed by atoms with van der Waals surface area (Å²) in [7, 11) is 0.747. The molecule has 0 spiro atoms. The number of benzene rings is 2. The third-order valence-electron chi connectivity index (χ3n) is 4.29. The molecule has 1 N–H and O–H groups in total. The number of oxazole rings is 1. The van der Waals surface area contributed by atoms with Gasteiger partial charge in [0.2, 0.25) is 15.9 Å². The molecule has 2 aromatic carbocycles. The molecule has 0 aliphatic carbocycles. The van der Waals surface area contributed by atoms with Gasteiger partial charge in [-0.1, -0.05) is 0 Å². The van der Waals surface area contributed by atoms with Crippen LogP contribution in [0.5, 0.6) is 17.2 Å². The van der Waals surface area contributed by atoms with Crippen LogP contribution in [0.1, 0.15) is 5.69 Å². The van der Waals surface area contributed by atoms with Crippen LogP contribution in [0.25, 0.3) is 11.5 Å². The van der Waals surface area contributed by atoms with Crippen LogP contribution in [0.4, 0.5) is 0 Å². The largest absolute Gasteiger partial charge is 0.497 e. The highest BCUT2D eigenvalue weighted by atomic mass is 79.9. The Morgan fingerprint density at radius 3 is 2.33 bits per heavy atom. The maximum Gasteiger partial charge on any atom is 0.241 e. The number of sulfonamides is 1. The van der Waals surface area contributed by atoms with Gasteiger partial charge in [0.15, 0.2) is 11.5 Å². The molecule has 0 amide bonds. The summed E-state index contributed by atoms with van der Waals surface area (Å²) in [4.78, 5) is 4.46. The highest BCUT2D eigenvalue weighted by Crippen LogP contribution is 2.35. The van der Waals surface area contributed by atoms with Crippen LogP contribution in [-0.2, 0) is 16.4 Å². The van der Waals surface area contributed by atoms with E-state index in [1.807, 2.05) is 24.3 Å². The van der Waals surface area contributed by atoms with Crippen molar-refractivity contribution in [1.82, 2.24) is 9.71 Å². The minimum atomic E-state index is -3.78. The summed E-state index contributed by atoms with van der Waals surface area (Å²) in [5.74, 6) is 1.94. The molecule has 1 heterocycles. The van der Waals surface area contributed by atoms with Crippen molar-refractivity contribution in [1.29, 1.82) is 0 Å². The van der Waals surface area contributed by atoms with Gasteiger partial charge >= 0.3 is 0 Å². The Kier molecular flexibility index (Phi) is 7.01. The Balaban J connectivity index is 1.67. The predicted molar refractivity (Wildman–Crippen MR) is 115 cm³/mol. The van der Waals surface area contributed by atoms with E-state index in [0.717, 1.165) is 11.3 Å². The van der Waals surface area contributed by atoms with Crippen LogP contribution in [-0.4, -0.2) is 41.3 Å². The maximum atomic E-state index is 12.7. The zero-order valence-corrected chi connectivity index (χ0v) is 19.0. The van der Waals surface area contributed by atoms with E-state index in [1.54, 1.807) is 13.2 Å². The van der Waals surface area contributed by atoms with Gasteiger partial charge in [0.25, 0.3) is 0 Å². The molecule has 3 aromatic rings. The van der Waals surface area contributed by atoms with Gasteiger partial charge in [0, 0.05) is 29.1 Å². The Hall–Kier alpha value is -2.56. The van der Waals surface area contributed by atoms with Crippen molar-refractivity contribution in [2.24, 2.45) is 0 Å². The van der Waals surface area contributed by atoms with Crippen LogP contribution in [0, 0.1) is 0 Å². The van der Waals surface area contributed by atoms with E-state index in [0.29, 0.717) is 34.0 Å². The van der Waals surface area contributed by atoms with Gasteiger partial charge in [-0.2, -0.15) is 0 Å². The smallest absolute Gasteiger partial charge is 0.241 e. The number of rotatable bonds is 9. The van der Waals surface area contributed by atoms with Gasteiger partial charge in [-0.15, -0.1) is 0 Å². The molecule has 30 heavy (non-hydrogen) atoms. The van der Waals surface area contributed by atoms with Gasteiger partial charge in [-0.3, -0.25) is 0 Å². The molecule has 0 bridgehead atoms. The lowest BCUT2D eigenvalue weighted by molar-refractivity contribution is 0.353. The molecule has 0 aliphatic rings. The lowest BCUT2D eigenvalue weighted by Gasteiger charge is -2.12. The fourth-order valence-electron chi connectivity index (χ4n) is 2.72. The van der Waals surface area contributed by atoms with Gasteiger partial charge in [-0.25, -0.2) is 18.1 Å². The first-order chi connectivity index (χ1) is 14.4. The standard InChI is InChI=1S/C20H21BrN2O6S/c1-26-15-6-4-13(5-7-15)20-23-14(12-29-20)8-9-22-30(24,25)19-11-18(28-3)17(27-2)10-16(19)21/h4-7,10-12,22H,8-9H2,1-3H3. The quantitative estimate of drug-likeness (QED) is 0.482. The minimum absolute atomic E-state index is 0.0548. The number of hydrogen-bond acceptors (Lipinski definition) is 7. The van der Waals surface area contributed by atoms with Crippen molar-refractivity contribution in [3.63, 3.8) is 0 Å². The van der Waals surface area contributed by atoms with E-state index >= 15 is 0 Å². The van der Waals surface area contributed by atoms with Gasteiger partial charge in [0.05, 0.1) is 27.0 Å². The van der Waals surface area contributed by atoms with Crippen LogP contribution in [0.2, 0.25) is 0 Å². The van der Waals surface area contributed by atoms with Crippen LogP contribution < -0.4 is 18.9 Å². The molecule has 8 nitrogen and oxygen atoms in total. The molecule has 0 unspecified atom stereocenters. The topological polar surface area (TPSA) is 99.9 Å². The summed E-state index contributed by atoms with van der Waals surface area (Å²) in [5, 5.41) is 0. The zero-order valence-electron chi connectivity index (χ0n) is 16.6. The number of nitrogens with zero attached hydrogens (tertiary/aromatic N) is 1. The third kappa shape index (κ3) is 4.94. The Morgan fingerprint density at radius 2 is 1.70 bits per heavy atom. The second-order valence-electron chi connectivity index (χ2n) is 6.16. The van der Waals surface area contributed by atoms with E-state index in [1.165, 1.54) is 26.5 Å². The summed E-state index contributed by atoms with van der Waals surface area (Å²) >= 11 is 3.27. The first kappa shape index (κ1) is 22.1. The molecule has 0 saturated carbocycles. The molecule has 160 valence electrons. The Labute approximate surface area is 183 Å². The van der Waals surface area contributed by atoms with Crippen LogP contribution >= 0.6 is 15.9 Å². The van der Waals surface area contributed by atoms with Crippen molar-refractivity contribution in [2.75, 3.05) is 27.9 Å². The second kappa shape index (κ2) is 9.50. The van der Waals surface area contributed by atoms with Crippen molar-refractivity contribution < 1.29 is 27.0 Å². The highest BCUT2D eigenvalue weighted by Gasteiger charge is 2.21. The maximum absolute atomic E-state index is 12.7. The average Bonchev–Trinajstić information content (AvgIpc) is 3.22. The zero-order chi connectivity index (χ0) is 21.7. The fourth-order valence-corrected chi connectivity index (χ4v) is 4.79. The number of ether oxygens (including phenoxy) is 3. The molecule has 1 aromatic heterocycles. The van der Waals surface area contributed by atoms with Crippen molar-refractivity contribution in [3.05, 3.63) is 52.8 Å². The second-order valence-corrected chi connectivity index (χ2v) is 8.75. The molecule has 0 saturated heterocycles. The summed E-state index contributed by atoms with van der Waals surface area (Å²) in [5.41, 5.74) is 1.44. The van der Waals surface area contributed by atoms with E-state index < -0.39 is 10.0 Å². The Morgan fingerprint density at radius 1 is 1.03 bits per heavy atom. The molecule has 3 rings (SSSR count). The summed E-state index contributed by atoms with van der Waals surface area (Å²) < 4.78 is 49.4. The lowest BCUT2D eigenvalue weighted by atomic mass is 10.2. The number of hydrogen-bond donors (Lipinski definition) is 1. The van der Waals surface area contributed by atoms with E-state index in [2.05, 4.69) is 25.6 Å². The normalized spacial score (nSPS) is 11.3. The van der Waals surface area contributed by atoms with E-state index in [9.17, 15) is 8.42 Å². The van der Waals surface area contributed by atoms with E-state index in [4.69, 9.17) is 18.6 Å². The number of methoxy groups -OCH3 is 3. The number of halogens is 1. The fraction of sp³-hybridized carbons (Fsp3) is 0.250. The van der Waals surface area contributed by atoms with Gasteiger partial charge < -0.3 is 18.6 Å². The number of nitrogens with one attached hydrogen (secondary N) is 1. The molecule has 0 aliphatic heterocycles. The van der Waals surface area contributed by atoms with Crippen molar-refractivity contribution in [2.45, 2.75) is 11.3 Å². The van der Waals surface area contributed by atoms with Crippen LogP contribution in [0.15, 0.2) is 56.4 Å². The third-order valence-corrected chi connectivity index (χ3v) is 6.71. The first-order valence-electron chi connectivity index (χ1n) is 8.88. The molecular formula is C20H21BrN2O6S. The monoisotopic (exact) mass is 496 g/mol. The SMILES string of the molecule is COc1ccc(-c2nc(CCNS(=O)(=O)c3cc(OC)c(OC)cc3Br)co2)cc1. The van der Waals surface area contributed by atoms with Crippen molar-refractivity contribution >= 4 is 26.0 Å².